The number of carbonyl (C=O) groups is 3. The van der Waals surface area contributed by atoms with Crippen LogP contribution in [0.25, 0.3) is 0 Å². The number of amides is 2. The molecular formula is C18H13Cl3F2N2O5. The van der Waals surface area contributed by atoms with Gasteiger partial charge < -0.3 is 20.1 Å². The van der Waals surface area contributed by atoms with Crippen molar-refractivity contribution in [3.05, 3.63) is 57.0 Å². The van der Waals surface area contributed by atoms with Crippen LogP contribution in [0.5, 0.6) is 5.75 Å². The summed E-state index contributed by atoms with van der Waals surface area (Å²) in [6.07, 6.45) is 0. The van der Waals surface area contributed by atoms with E-state index in [9.17, 15) is 23.2 Å². The van der Waals surface area contributed by atoms with Crippen LogP contribution in [-0.4, -0.2) is 37.5 Å². The van der Waals surface area contributed by atoms with Crippen LogP contribution in [-0.2, 0) is 14.3 Å². The maximum Gasteiger partial charge on any atom is 0.387 e. The van der Waals surface area contributed by atoms with Crippen LogP contribution >= 0.6 is 34.8 Å². The molecule has 0 aliphatic rings. The van der Waals surface area contributed by atoms with Gasteiger partial charge in [0.15, 0.2) is 6.61 Å². The Kier molecular flexibility index (Phi) is 8.64. The SMILES string of the molecule is O=C(COC(=O)CNC(=O)c1ccc(Cl)c(Cl)c1)Nc1ccc(OC(F)F)c(Cl)c1. The molecule has 0 aromatic heterocycles. The average Bonchev–Trinajstić information content (AvgIpc) is 2.68. The first-order valence-corrected chi connectivity index (χ1v) is 9.22. The molecule has 0 heterocycles. The number of anilines is 1. The molecule has 0 unspecified atom stereocenters. The minimum atomic E-state index is -3.04. The van der Waals surface area contributed by atoms with Crippen molar-refractivity contribution >= 4 is 58.3 Å². The zero-order valence-corrected chi connectivity index (χ0v) is 17.2. The van der Waals surface area contributed by atoms with Gasteiger partial charge in [-0.1, -0.05) is 34.8 Å². The van der Waals surface area contributed by atoms with Gasteiger partial charge in [0.05, 0.1) is 15.1 Å². The zero-order valence-electron chi connectivity index (χ0n) is 14.9. The van der Waals surface area contributed by atoms with Crippen molar-refractivity contribution in [3.8, 4) is 5.75 Å². The molecule has 160 valence electrons. The van der Waals surface area contributed by atoms with Gasteiger partial charge in [0.2, 0.25) is 0 Å². The van der Waals surface area contributed by atoms with Crippen LogP contribution in [0.2, 0.25) is 15.1 Å². The largest absolute Gasteiger partial charge is 0.454 e. The Bertz CT molecular complexity index is 959. The van der Waals surface area contributed by atoms with Gasteiger partial charge >= 0.3 is 12.6 Å². The number of hydrogen-bond donors (Lipinski definition) is 2. The summed E-state index contributed by atoms with van der Waals surface area (Å²) in [6, 6.07) is 7.80. The van der Waals surface area contributed by atoms with Crippen molar-refractivity contribution in [1.29, 1.82) is 0 Å². The average molecular weight is 482 g/mol. The Hall–Kier alpha value is -2.62. The summed E-state index contributed by atoms with van der Waals surface area (Å²) < 4.78 is 33.3. The molecule has 30 heavy (non-hydrogen) atoms. The molecular weight excluding hydrogens is 469 g/mol. The molecule has 0 fully saturated rings. The molecule has 12 heteroatoms. The van der Waals surface area contributed by atoms with E-state index in [-0.39, 0.29) is 32.1 Å². The second-order valence-corrected chi connectivity index (χ2v) is 6.77. The first-order valence-electron chi connectivity index (χ1n) is 8.09. The van der Waals surface area contributed by atoms with E-state index in [1.165, 1.54) is 30.3 Å². The lowest BCUT2D eigenvalue weighted by molar-refractivity contribution is -0.146. The second-order valence-electron chi connectivity index (χ2n) is 5.54. The Morgan fingerprint density at radius 3 is 2.33 bits per heavy atom. The fourth-order valence-corrected chi connectivity index (χ4v) is 2.58. The van der Waals surface area contributed by atoms with Gasteiger partial charge in [-0.25, -0.2) is 0 Å². The Labute approximate surface area is 184 Å². The van der Waals surface area contributed by atoms with Crippen molar-refractivity contribution < 1.29 is 32.6 Å². The monoisotopic (exact) mass is 480 g/mol. The summed E-state index contributed by atoms with van der Waals surface area (Å²) in [7, 11) is 0. The van der Waals surface area contributed by atoms with Crippen LogP contribution in [0.3, 0.4) is 0 Å². The molecule has 0 bridgehead atoms. The van der Waals surface area contributed by atoms with E-state index in [4.69, 9.17) is 39.5 Å². The predicted molar refractivity (Wildman–Crippen MR) is 106 cm³/mol. The van der Waals surface area contributed by atoms with Crippen LogP contribution in [0, 0.1) is 0 Å². The highest BCUT2D eigenvalue weighted by Crippen LogP contribution is 2.29. The highest BCUT2D eigenvalue weighted by atomic mass is 35.5. The van der Waals surface area contributed by atoms with Crippen LogP contribution in [0.4, 0.5) is 14.5 Å². The molecule has 0 aliphatic heterocycles. The van der Waals surface area contributed by atoms with Gasteiger partial charge in [0, 0.05) is 11.3 Å². The molecule has 0 saturated heterocycles. The first-order chi connectivity index (χ1) is 14.2. The third-order valence-electron chi connectivity index (χ3n) is 3.37. The second kappa shape index (κ2) is 11.0. The lowest BCUT2D eigenvalue weighted by Gasteiger charge is -2.10. The van der Waals surface area contributed by atoms with Crippen LogP contribution < -0.4 is 15.4 Å². The number of hydrogen-bond acceptors (Lipinski definition) is 5. The Morgan fingerprint density at radius 2 is 1.70 bits per heavy atom. The molecule has 0 aliphatic carbocycles. The molecule has 0 saturated carbocycles. The number of benzene rings is 2. The standard InChI is InChI=1S/C18H13Cl3F2N2O5/c19-11-3-1-9(5-12(11)20)17(28)24-7-16(27)29-8-15(26)25-10-2-4-14(13(21)6-10)30-18(22)23/h1-6,18H,7-8H2,(H,24,28)(H,25,26). The lowest BCUT2D eigenvalue weighted by Crippen LogP contribution is -2.32. The van der Waals surface area contributed by atoms with Gasteiger partial charge in [-0.3, -0.25) is 14.4 Å². The van der Waals surface area contributed by atoms with Crippen molar-refractivity contribution in [2.45, 2.75) is 6.61 Å². The summed E-state index contributed by atoms with van der Waals surface area (Å²) in [5.41, 5.74) is 0.363. The highest BCUT2D eigenvalue weighted by molar-refractivity contribution is 6.42. The molecule has 2 aromatic rings. The van der Waals surface area contributed by atoms with E-state index in [0.29, 0.717) is 0 Å². The highest BCUT2D eigenvalue weighted by Gasteiger charge is 2.13. The molecule has 2 rings (SSSR count). The van der Waals surface area contributed by atoms with E-state index in [1.54, 1.807) is 0 Å². The number of halogens is 5. The van der Waals surface area contributed by atoms with Gasteiger partial charge in [-0.05, 0) is 36.4 Å². The summed E-state index contributed by atoms with van der Waals surface area (Å²) in [5.74, 6) is -2.42. The molecule has 2 N–H and O–H groups in total. The van der Waals surface area contributed by atoms with Crippen molar-refractivity contribution in [1.82, 2.24) is 5.32 Å². The number of rotatable bonds is 8. The van der Waals surface area contributed by atoms with E-state index in [0.717, 1.165) is 6.07 Å². The topological polar surface area (TPSA) is 93.7 Å². The van der Waals surface area contributed by atoms with Gasteiger partial charge in [0.1, 0.15) is 12.3 Å². The van der Waals surface area contributed by atoms with Crippen molar-refractivity contribution in [2.24, 2.45) is 0 Å². The third kappa shape index (κ3) is 7.33. The van der Waals surface area contributed by atoms with Gasteiger partial charge in [-0.2, -0.15) is 8.78 Å². The zero-order chi connectivity index (χ0) is 22.3. The van der Waals surface area contributed by atoms with Crippen LogP contribution in [0.15, 0.2) is 36.4 Å². The molecule has 7 nitrogen and oxygen atoms in total. The normalized spacial score (nSPS) is 10.5. The smallest absolute Gasteiger partial charge is 0.387 e. The van der Waals surface area contributed by atoms with Crippen molar-refractivity contribution in [2.75, 3.05) is 18.5 Å². The maximum absolute atomic E-state index is 12.2. The van der Waals surface area contributed by atoms with E-state index in [1.807, 2.05) is 0 Å². The Balaban J connectivity index is 1.77. The minimum Gasteiger partial charge on any atom is -0.454 e. The van der Waals surface area contributed by atoms with E-state index < -0.39 is 37.5 Å². The molecule has 0 spiro atoms. The van der Waals surface area contributed by atoms with Gasteiger partial charge in [0.25, 0.3) is 11.8 Å². The van der Waals surface area contributed by atoms with E-state index >= 15 is 0 Å². The quantitative estimate of drug-likeness (QED) is 0.552. The number of nitrogens with one attached hydrogen (secondary N) is 2. The van der Waals surface area contributed by atoms with E-state index in [2.05, 4.69) is 15.4 Å². The summed E-state index contributed by atoms with van der Waals surface area (Å²) in [6.45, 7) is -4.17. The van der Waals surface area contributed by atoms with Crippen LogP contribution in [0.1, 0.15) is 10.4 Å². The molecule has 0 atom stereocenters. The molecule has 2 amide bonds. The van der Waals surface area contributed by atoms with Crippen molar-refractivity contribution in [3.63, 3.8) is 0 Å². The minimum absolute atomic E-state index is 0.143. The number of ether oxygens (including phenoxy) is 2. The maximum atomic E-state index is 12.2. The first kappa shape index (κ1) is 23.7. The molecule has 2 aromatic carbocycles. The summed E-state index contributed by atoms with van der Waals surface area (Å²) in [5, 5.41) is 4.98. The predicted octanol–water partition coefficient (Wildman–Crippen LogP) is 4.16. The summed E-state index contributed by atoms with van der Waals surface area (Å²) >= 11 is 17.3. The number of carbonyl (C=O) groups excluding carboxylic acids is 3. The number of esters is 1. The Morgan fingerprint density at radius 1 is 0.967 bits per heavy atom. The fraction of sp³-hybridized carbons (Fsp3) is 0.167. The van der Waals surface area contributed by atoms with Gasteiger partial charge in [-0.15, -0.1) is 0 Å². The fourth-order valence-electron chi connectivity index (χ4n) is 2.06. The third-order valence-corrected chi connectivity index (χ3v) is 4.41. The number of alkyl halides is 2. The summed E-state index contributed by atoms with van der Waals surface area (Å²) in [4.78, 5) is 35.5. The molecule has 0 radical (unpaired) electrons. The lowest BCUT2D eigenvalue weighted by atomic mass is 10.2.